The highest BCUT2D eigenvalue weighted by molar-refractivity contribution is 5.74. The third kappa shape index (κ3) is 4.37. The number of urea groups is 1. The van der Waals surface area contributed by atoms with E-state index in [1.54, 1.807) is 7.11 Å². The van der Waals surface area contributed by atoms with Crippen LogP contribution in [-0.2, 0) is 6.54 Å². The molecule has 1 N–H and O–H groups in total. The quantitative estimate of drug-likeness (QED) is 0.908. The summed E-state index contributed by atoms with van der Waals surface area (Å²) in [7, 11) is 5.76. The number of nitrogens with zero attached hydrogens (tertiary/aromatic N) is 2. The summed E-state index contributed by atoms with van der Waals surface area (Å²) < 4.78 is 5.33. The van der Waals surface area contributed by atoms with Gasteiger partial charge in [-0.05, 0) is 39.4 Å². The molecule has 1 atom stereocenters. The fourth-order valence-electron chi connectivity index (χ4n) is 3.00. The lowest BCUT2D eigenvalue weighted by molar-refractivity contribution is 0.133. The topological polar surface area (TPSA) is 44.8 Å². The molecule has 0 bridgehead atoms. The van der Waals surface area contributed by atoms with Crippen molar-refractivity contribution in [3.8, 4) is 5.75 Å². The molecule has 2 amide bonds. The fourth-order valence-corrected chi connectivity index (χ4v) is 3.00. The molecule has 0 radical (unpaired) electrons. The summed E-state index contributed by atoms with van der Waals surface area (Å²) >= 11 is 0. The molecule has 1 aliphatic rings. The third-order valence-corrected chi connectivity index (χ3v) is 4.09. The number of amides is 2. The second-order valence-electron chi connectivity index (χ2n) is 6.08. The van der Waals surface area contributed by atoms with Crippen molar-refractivity contribution in [2.24, 2.45) is 0 Å². The van der Waals surface area contributed by atoms with Gasteiger partial charge in [0.1, 0.15) is 5.75 Å². The molecule has 122 valence electrons. The minimum Gasteiger partial charge on any atom is -0.496 e. The number of rotatable bonds is 5. The van der Waals surface area contributed by atoms with E-state index in [4.69, 9.17) is 4.74 Å². The van der Waals surface area contributed by atoms with E-state index in [1.165, 1.54) is 6.42 Å². The number of piperidine rings is 1. The monoisotopic (exact) mass is 305 g/mol. The van der Waals surface area contributed by atoms with Crippen molar-refractivity contribution in [2.75, 3.05) is 34.3 Å². The van der Waals surface area contributed by atoms with Gasteiger partial charge >= 0.3 is 6.03 Å². The van der Waals surface area contributed by atoms with Crippen LogP contribution in [0, 0.1) is 0 Å². The Kier molecular flexibility index (Phi) is 6.07. The summed E-state index contributed by atoms with van der Waals surface area (Å²) in [5.41, 5.74) is 1.000. The Balaban J connectivity index is 1.95. The Morgan fingerprint density at radius 2 is 2.14 bits per heavy atom. The first-order chi connectivity index (χ1) is 10.6. The highest BCUT2D eigenvalue weighted by Gasteiger charge is 2.26. The summed E-state index contributed by atoms with van der Waals surface area (Å²) in [5, 5.41) is 3.04. The largest absolute Gasteiger partial charge is 0.496 e. The Morgan fingerprint density at radius 3 is 2.86 bits per heavy atom. The van der Waals surface area contributed by atoms with Gasteiger partial charge in [0.15, 0.2) is 0 Å². The molecule has 5 heteroatoms. The highest BCUT2D eigenvalue weighted by Crippen LogP contribution is 2.19. The van der Waals surface area contributed by atoms with E-state index < -0.39 is 0 Å². The summed E-state index contributed by atoms with van der Waals surface area (Å²) in [4.78, 5) is 16.7. The van der Waals surface area contributed by atoms with Crippen molar-refractivity contribution in [3.05, 3.63) is 29.8 Å². The molecule has 0 saturated carbocycles. The Morgan fingerprint density at radius 1 is 1.36 bits per heavy atom. The minimum absolute atomic E-state index is 0.0254. The Labute approximate surface area is 133 Å². The van der Waals surface area contributed by atoms with Gasteiger partial charge in [0, 0.05) is 31.2 Å². The lowest BCUT2D eigenvalue weighted by atomic mass is 10.0. The van der Waals surface area contributed by atoms with Crippen molar-refractivity contribution in [3.63, 3.8) is 0 Å². The predicted molar refractivity (Wildman–Crippen MR) is 88.1 cm³/mol. The second kappa shape index (κ2) is 8.03. The van der Waals surface area contributed by atoms with Gasteiger partial charge < -0.3 is 19.9 Å². The number of likely N-dealkylation sites (tertiary alicyclic amines) is 1. The number of nitrogens with one attached hydrogen (secondary N) is 1. The number of methoxy groups -OCH3 is 1. The maximum atomic E-state index is 12.5. The molecular formula is C17H27N3O2. The maximum absolute atomic E-state index is 12.5. The maximum Gasteiger partial charge on any atom is 0.317 e. The summed E-state index contributed by atoms with van der Waals surface area (Å²) in [5.74, 6) is 0.811. The SMILES string of the molecule is COc1ccccc1CNC(=O)N1CCCC[C@H]1CN(C)C. The van der Waals surface area contributed by atoms with Gasteiger partial charge in [-0.25, -0.2) is 4.79 Å². The van der Waals surface area contributed by atoms with Crippen LogP contribution in [0.1, 0.15) is 24.8 Å². The van der Waals surface area contributed by atoms with Crippen molar-refractivity contribution < 1.29 is 9.53 Å². The van der Waals surface area contributed by atoms with Crippen LogP contribution < -0.4 is 10.1 Å². The van der Waals surface area contributed by atoms with Crippen LogP contribution in [0.25, 0.3) is 0 Å². The number of hydrogen-bond acceptors (Lipinski definition) is 3. The van der Waals surface area contributed by atoms with Crippen LogP contribution >= 0.6 is 0 Å². The van der Waals surface area contributed by atoms with E-state index in [0.29, 0.717) is 12.6 Å². The molecule has 1 aromatic carbocycles. The van der Waals surface area contributed by atoms with Crippen LogP contribution in [0.3, 0.4) is 0 Å². The normalized spacial score (nSPS) is 18.4. The lowest BCUT2D eigenvalue weighted by Gasteiger charge is -2.37. The van der Waals surface area contributed by atoms with Crippen molar-refractivity contribution in [1.82, 2.24) is 15.1 Å². The minimum atomic E-state index is 0.0254. The van der Waals surface area contributed by atoms with Crippen LogP contribution in [0.15, 0.2) is 24.3 Å². The standard InChI is InChI=1S/C17H27N3O2/c1-19(2)13-15-9-6-7-11-20(15)17(21)18-12-14-8-4-5-10-16(14)22-3/h4-5,8,10,15H,6-7,9,11-13H2,1-3H3,(H,18,21)/t15-/m0/s1. The number of likely N-dealkylation sites (N-methyl/N-ethyl adjacent to an activating group) is 1. The highest BCUT2D eigenvalue weighted by atomic mass is 16.5. The number of hydrogen-bond donors (Lipinski definition) is 1. The molecule has 5 nitrogen and oxygen atoms in total. The molecule has 1 aliphatic heterocycles. The average molecular weight is 305 g/mol. The fraction of sp³-hybridized carbons (Fsp3) is 0.588. The van der Waals surface area contributed by atoms with E-state index in [9.17, 15) is 4.79 Å². The lowest BCUT2D eigenvalue weighted by Crippen LogP contribution is -2.51. The van der Waals surface area contributed by atoms with Gasteiger partial charge in [0.05, 0.1) is 7.11 Å². The Hall–Kier alpha value is -1.75. The molecule has 0 aromatic heterocycles. The first kappa shape index (κ1) is 16.6. The van der Waals surface area contributed by atoms with Crippen molar-refractivity contribution in [2.45, 2.75) is 31.8 Å². The average Bonchev–Trinajstić information content (AvgIpc) is 2.52. The third-order valence-electron chi connectivity index (χ3n) is 4.09. The first-order valence-electron chi connectivity index (χ1n) is 7.93. The van der Waals surface area contributed by atoms with Gasteiger partial charge in [-0.1, -0.05) is 18.2 Å². The van der Waals surface area contributed by atoms with Crippen LogP contribution in [0.5, 0.6) is 5.75 Å². The van der Waals surface area contributed by atoms with Crippen molar-refractivity contribution >= 4 is 6.03 Å². The first-order valence-corrected chi connectivity index (χ1v) is 7.93. The zero-order chi connectivity index (χ0) is 15.9. The van der Waals surface area contributed by atoms with Crippen LogP contribution in [0.2, 0.25) is 0 Å². The molecule has 1 fully saturated rings. The number of benzene rings is 1. The van der Waals surface area contributed by atoms with Gasteiger partial charge in [-0.15, -0.1) is 0 Å². The van der Waals surface area contributed by atoms with Gasteiger partial charge in [-0.3, -0.25) is 0 Å². The second-order valence-corrected chi connectivity index (χ2v) is 6.08. The Bertz CT molecular complexity index is 491. The molecular weight excluding hydrogens is 278 g/mol. The molecule has 0 aliphatic carbocycles. The smallest absolute Gasteiger partial charge is 0.317 e. The van der Waals surface area contributed by atoms with Gasteiger partial charge in [0.2, 0.25) is 0 Å². The molecule has 2 rings (SSSR count). The van der Waals surface area contributed by atoms with E-state index in [0.717, 1.165) is 37.2 Å². The predicted octanol–water partition coefficient (Wildman–Crippen LogP) is 2.32. The molecule has 1 saturated heterocycles. The summed E-state index contributed by atoms with van der Waals surface area (Å²) in [6, 6.07) is 8.12. The summed E-state index contributed by atoms with van der Waals surface area (Å²) in [6.07, 6.45) is 3.38. The molecule has 1 aromatic rings. The number of para-hydroxylation sites is 1. The molecule has 0 spiro atoms. The van der Waals surface area contributed by atoms with Gasteiger partial charge in [-0.2, -0.15) is 0 Å². The zero-order valence-electron chi connectivity index (χ0n) is 13.8. The molecule has 1 heterocycles. The van der Waals surface area contributed by atoms with Crippen molar-refractivity contribution in [1.29, 1.82) is 0 Å². The zero-order valence-corrected chi connectivity index (χ0v) is 13.8. The van der Waals surface area contributed by atoms with Gasteiger partial charge in [0.25, 0.3) is 0 Å². The molecule has 22 heavy (non-hydrogen) atoms. The number of carbonyl (C=O) groups is 1. The number of ether oxygens (including phenoxy) is 1. The molecule has 0 unspecified atom stereocenters. The van der Waals surface area contributed by atoms with E-state index in [2.05, 4.69) is 24.3 Å². The van der Waals surface area contributed by atoms with E-state index in [1.807, 2.05) is 29.2 Å². The number of carbonyl (C=O) groups excluding carboxylic acids is 1. The van der Waals surface area contributed by atoms with E-state index in [-0.39, 0.29) is 6.03 Å². The van der Waals surface area contributed by atoms with Crippen LogP contribution in [-0.4, -0.2) is 56.2 Å². The van der Waals surface area contributed by atoms with Crippen LogP contribution in [0.4, 0.5) is 4.79 Å². The summed E-state index contributed by atoms with van der Waals surface area (Å²) in [6.45, 7) is 2.26. The van der Waals surface area contributed by atoms with E-state index >= 15 is 0 Å².